The molecule has 7 nitrogen and oxygen atoms in total. The molecule has 1 amide bonds. The Bertz CT molecular complexity index is 1220. The number of nitrogens with zero attached hydrogens (tertiary/aromatic N) is 5. The number of fused-ring (bicyclic) bond motifs is 1. The third kappa shape index (κ3) is 3.71. The van der Waals surface area contributed by atoms with Crippen molar-refractivity contribution in [3.05, 3.63) is 52.4 Å². The van der Waals surface area contributed by atoms with Gasteiger partial charge in [-0.2, -0.15) is 10.2 Å². The first-order chi connectivity index (χ1) is 14.6. The molecule has 30 heavy (non-hydrogen) atoms. The van der Waals surface area contributed by atoms with Crippen molar-refractivity contribution < 1.29 is 4.79 Å². The molecule has 0 radical (unpaired) electrons. The Morgan fingerprint density at radius 1 is 1.07 bits per heavy atom. The fourth-order valence-corrected chi connectivity index (χ4v) is 4.36. The molecule has 1 N–H and O–H groups in total. The van der Waals surface area contributed by atoms with Crippen molar-refractivity contribution >= 4 is 40.0 Å². The van der Waals surface area contributed by atoms with Gasteiger partial charge >= 0.3 is 0 Å². The van der Waals surface area contributed by atoms with Crippen molar-refractivity contribution in [2.75, 3.05) is 5.32 Å². The summed E-state index contributed by atoms with van der Waals surface area (Å²) in [5.41, 5.74) is 4.37. The third-order valence-corrected chi connectivity index (χ3v) is 6.24. The van der Waals surface area contributed by atoms with E-state index in [9.17, 15) is 4.79 Å². The molecule has 1 aliphatic carbocycles. The van der Waals surface area contributed by atoms with Crippen LogP contribution in [0.2, 0.25) is 0 Å². The van der Waals surface area contributed by atoms with Crippen LogP contribution in [-0.2, 0) is 11.8 Å². The van der Waals surface area contributed by atoms with E-state index in [1.54, 1.807) is 15.4 Å². The van der Waals surface area contributed by atoms with E-state index in [1.807, 2.05) is 25.4 Å². The van der Waals surface area contributed by atoms with Crippen molar-refractivity contribution in [2.24, 2.45) is 13.0 Å². The number of benzene rings is 1. The van der Waals surface area contributed by atoms with Crippen LogP contribution in [-0.4, -0.2) is 30.3 Å². The second kappa shape index (κ2) is 7.82. The van der Waals surface area contributed by atoms with Crippen LogP contribution in [0.3, 0.4) is 0 Å². The van der Waals surface area contributed by atoms with Crippen molar-refractivity contribution in [3.8, 4) is 22.5 Å². The molecule has 8 heteroatoms. The smallest absolute Gasteiger partial charge is 0.228 e. The lowest BCUT2D eigenvalue weighted by Gasteiger charge is -2.07. The summed E-state index contributed by atoms with van der Waals surface area (Å²) >= 11 is 2.30. The zero-order chi connectivity index (χ0) is 20.7. The SMILES string of the molecule is Cn1cc(-c2ccc3nc(NC(=O)C4CCCC4)cn3n2)c(-c2ccc(I)cc2)n1. The second-order valence-corrected chi connectivity index (χ2v) is 8.94. The highest BCUT2D eigenvalue weighted by Crippen LogP contribution is 2.30. The van der Waals surface area contributed by atoms with Crippen LogP contribution in [0.5, 0.6) is 0 Å². The number of rotatable bonds is 4. The van der Waals surface area contributed by atoms with Crippen molar-refractivity contribution in [3.63, 3.8) is 0 Å². The first-order valence-electron chi connectivity index (χ1n) is 10.0. The fraction of sp³-hybridized carbons (Fsp3) is 0.273. The van der Waals surface area contributed by atoms with Gasteiger partial charge in [-0.3, -0.25) is 9.48 Å². The van der Waals surface area contributed by atoms with Crippen LogP contribution in [0.4, 0.5) is 5.82 Å². The number of anilines is 1. The number of aryl methyl sites for hydroxylation is 1. The molecule has 4 aromatic rings. The predicted molar refractivity (Wildman–Crippen MR) is 124 cm³/mol. The summed E-state index contributed by atoms with van der Waals surface area (Å²) in [4.78, 5) is 16.9. The lowest BCUT2D eigenvalue weighted by molar-refractivity contribution is -0.119. The van der Waals surface area contributed by atoms with E-state index in [-0.39, 0.29) is 11.8 Å². The summed E-state index contributed by atoms with van der Waals surface area (Å²) in [6, 6.07) is 12.1. The number of amides is 1. The van der Waals surface area contributed by atoms with Crippen LogP contribution >= 0.6 is 22.6 Å². The van der Waals surface area contributed by atoms with Gasteiger partial charge in [0.15, 0.2) is 11.5 Å². The summed E-state index contributed by atoms with van der Waals surface area (Å²) < 4.78 is 4.69. The summed E-state index contributed by atoms with van der Waals surface area (Å²) in [6.45, 7) is 0. The summed E-state index contributed by atoms with van der Waals surface area (Å²) in [7, 11) is 1.91. The van der Waals surface area contributed by atoms with Gasteiger partial charge in [0, 0.05) is 33.9 Å². The Kier molecular flexibility index (Phi) is 5.01. The van der Waals surface area contributed by atoms with Gasteiger partial charge in [0.1, 0.15) is 5.69 Å². The third-order valence-electron chi connectivity index (χ3n) is 5.52. The Labute approximate surface area is 187 Å². The number of carbonyl (C=O) groups excluding carboxylic acids is 1. The minimum absolute atomic E-state index is 0.0596. The highest BCUT2D eigenvalue weighted by molar-refractivity contribution is 14.1. The van der Waals surface area contributed by atoms with Gasteiger partial charge < -0.3 is 5.32 Å². The van der Waals surface area contributed by atoms with Crippen LogP contribution in [0.25, 0.3) is 28.2 Å². The maximum Gasteiger partial charge on any atom is 0.228 e. The van der Waals surface area contributed by atoms with Gasteiger partial charge in [-0.25, -0.2) is 9.50 Å². The quantitative estimate of drug-likeness (QED) is 0.408. The van der Waals surface area contributed by atoms with Gasteiger partial charge in [-0.1, -0.05) is 25.0 Å². The summed E-state index contributed by atoms with van der Waals surface area (Å²) in [5, 5.41) is 12.3. The molecule has 3 aromatic heterocycles. The van der Waals surface area contributed by atoms with Gasteiger partial charge in [-0.15, -0.1) is 0 Å². The first kappa shape index (κ1) is 19.2. The number of nitrogens with one attached hydrogen (secondary N) is 1. The maximum atomic E-state index is 12.4. The highest BCUT2D eigenvalue weighted by Gasteiger charge is 2.23. The first-order valence-corrected chi connectivity index (χ1v) is 11.1. The Morgan fingerprint density at radius 3 is 2.60 bits per heavy atom. The minimum Gasteiger partial charge on any atom is -0.309 e. The van der Waals surface area contributed by atoms with Crippen LogP contribution in [0.1, 0.15) is 25.7 Å². The molecule has 1 aliphatic rings. The molecule has 5 rings (SSSR count). The predicted octanol–water partition coefficient (Wildman–Crippen LogP) is 4.53. The van der Waals surface area contributed by atoms with Gasteiger partial charge in [0.05, 0.1) is 11.9 Å². The molecular weight excluding hydrogens is 491 g/mol. The van der Waals surface area contributed by atoms with E-state index in [1.165, 1.54) is 3.57 Å². The lowest BCUT2D eigenvalue weighted by atomic mass is 10.1. The summed E-state index contributed by atoms with van der Waals surface area (Å²) in [6.07, 6.45) is 7.92. The Balaban J connectivity index is 1.47. The van der Waals surface area contributed by atoms with E-state index in [0.717, 1.165) is 48.2 Å². The number of hydrogen-bond acceptors (Lipinski definition) is 4. The minimum atomic E-state index is 0.0596. The van der Waals surface area contributed by atoms with E-state index in [2.05, 4.69) is 62.3 Å². The van der Waals surface area contributed by atoms with Crippen molar-refractivity contribution in [1.82, 2.24) is 24.4 Å². The molecule has 152 valence electrons. The average molecular weight is 512 g/mol. The summed E-state index contributed by atoms with van der Waals surface area (Å²) in [5.74, 6) is 0.704. The van der Waals surface area contributed by atoms with E-state index >= 15 is 0 Å². The van der Waals surface area contributed by atoms with Gasteiger partial charge in [0.2, 0.25) is 5.91 Å². The number of halogens is 1. The monoisotopic (exact) mass is 512 g/mol. The second-order valence-electron chi connectivity index (χ2n) is 7.69. The topological polar surface area (TPSA) is 77.1 Å². The van der Waals surface area contributed by atoms with Crippen molar-refractivity contribution in [1.29, 1.82) is 0 Å². The number of imidazole rings is 1. The van der Waals surface area contributed by atoms with E-state index in [4.69, 9.17) is 5.10 Å². The zero-order valence-corrected chi connectivity index (χ0v) is 18.7. The largest absolute Gasteiger partial charge is 0.309 e. The Morgan fingerprint density at radius 2 is 1.83 bits per heavy atom. The lowest BCUT2D eigenvalue weighted by Crippen LogP contribution is -2.20. The molecule has 1 aromatic carbocycles. The number of hydrogen-bond donors (Lipinski definition) is 1. The van der Waals surface area contributed by atoms with E-state index in [0.29, 0.717) is 11.5 Å². The fourth-order valence-electron chi connectivity index (χ4n) is 4.00. The van der Waals surface area contributed by atoms with Crippen molar-refractivity contribution in [2.45, 2.75) is 25.7 Å². The molecule has 0 atom stereocenters. The Hall–Kier alpha value is -2.75. The van der Waals surface area contributed by atoms with Gasteiger partial charge in [0.25, 0.3) is 0 Å². The molecule has 0 aliphatic heterocycles. The molecule has 0 unspecified atom stereocenters. The molecule has 0 spiro atoms. The van der Waals surface area contributed by atoms with E-state index < -0.39 is 0 Å². The maximum absolute atomic E-state index is 12.4. The molecule has 1 fully saturated rings. The molecule has 0 saturated heterocycles. The zero-order valence-electron chi connectivity index (χ0n) is 16.5. The average Bonchev–Trinajstić information content (AvgIpc) is 3.47. The number of carbonyl (C=O) groups is 1. The van der Waals surface area contributed by atoms with Gasteiger partial charge in [-0.05, 0) is 59.7 Å². The van der Waals surface area contributed by atoms with Crippen LogP contribution in [0, 0.1) is 9.49 Å². The molecule has 1 saturated carbocycles. The highest BCUT2D eigenvalue weighted by atomic mass is 127. The number of aromatic nitrogens is 5. The standard InChI is InChI=1S/C22H21IN6O/c1-28-12-17(21(27-28)14-6-8-16(23)9-7-14)18-10-11-20-24-19(13-29(20)26-18)25-22(30)15-4-2-3-5-15/h6-13,15H,2-5H2,1H3,(H,25,30). The van der Waals surface area contributed by atoms with Crippen LogP contribution in [0.15, 0.2) is 48.8 Å². The van der Waals surface area contributed by atoms with Crippen LogP contribution < -0.4 is 5.32 Å². The molecule has 3 heterocycles. The molecular formula is C22H21IN6O. The normalized spacial score (nSPS) is 14.5. The molecule has 0 bridgehead atoms.